The Kier molecular flexibility index (Phi) is 4.75. The first-order chi connectivity index (χ1) is 4.52. The van der Waals surface area contributed by atoms with Crippen molar-refractivity contribution in [3.05, 3.63) is 0 Å². The van der Waals surface area contributed by atoms with Gasteiger partial charge in [-0.3, -0.25) is 0 Å². The third-order valence-corrected chi connectivity index (χ3v) is 0.644. The quantitative estimate of drug-likeness (QED) is 0.405. The van der Waals surface area contributed by atoms with Gasteiger partial charge in [-0.2, -0.15) is 0 Å². The molecular weight excluding hydrogens is 134 g/mol. The van der Waals surface area contributed by atoms with E-state index >= 15 is 0 Å². The Hall–Kier alpha value is -0.00519. The van der Waals surface area contributed by atoms with Crippen LogP contribution < -0.4 is 5.64 Å². The molecule has 10 heavy (non-hydrogen) atoms. The van der Waals surface area contributed by atoms with Gasteiger partial charge in [-0.05, 0) is 13.6 Å². The lowest BCUT2D eigenvalue weighted by molar-refractivity contribution is 0.275. The molecule has 0 radical (unpaired) electrons. The zero-order chi connectivity index (χ0) is 8.15. The predicted octanol–water partition coefficient (Wildman–Crippen LogP) is -1.82. The van der Waals surface area contributed by atoms with E-state index in [0.717, 1.165) is 0 Å². The monoisotopic (exact) mass is 145 g/mol. The molecular formula is C2H10B3NO4. The second-order valence-electron chi connectivity index (χ2n) is 1.88. The number of rotatable bonds is 4. The fraction of sp³-hybridized carbons (Fsp3) is 1.00. The smallest absolute Gasteiger partial charge is 0.437 e. The Balaban J connectivity index is 3.34. The van der Waals surface area contributed by atoms with Gasteiger partial charge in [-0.1, -0.05) is 0 Å². The molecule has 4 N–H and O–H groups in total. The molecule has 0 saturated carbocycles. The fourth-order valence-electron chi connectivity index (χ4n) is 0.384. The zero-order valence-electron chi connectivity index (χ0n) is 6.02. The van der Waals surface area contributed by atoms with E-state index in [2.05, 4.69) is 9.14 Å². The maximum absolute atomic E-state index is 8.71. The Bertz CT molecular complexity index is 80.6. The van der Waals surface area contributed by atoms with Crippen LogP contribution in [0.25, 0.3) is 0 Å². The van der Waals surface area contributed by atoms with Gasteiger partial charge in [0.1, 0.15) is 0 Å². The molecule has 0 saturated heterocycles. The molecule has 0 aliphatic heterocycles. The van der Waals surface area contributed by atoms with Crippen molar-refractivity contribution in [2.45, 2.75) is 13.6 Å². The molecule has 0 atom stereocenters. The summed E-state index contributed by atoms with van der Waals surface area (Å²) >= 11 is 0. The molecule has 0 amide bonds. The van der Waals surface area contributed by atoms with Crippen LogP contribution in [0.2, 0.25) is 13.6 Å². The average Bonchev–Trinajstić information content (AvgIpc) is 1.58. The first-order valence-corrected chi connectivity index (χ1v) is 2.95. The van der Waals surface area contributed by atoms with Gasteiger partial charge in [-0.25, -0.2) is 0 Å². The maximum atomic E-state index is 8.71. The molecule has 8 heteroatoms. The lowest BCUT2D eigenvalue weighted by Crippen LogP contribution is -2.39. The van der Waals surface area contributed by atoms with E-state index in [1.807, 2.05) is 0 Å². The summed E-state index contributed by atoms with van der Waals surface area (Å²) in [4.78, 5) is 0. The Morgan fingerprint density at radius 1 is 1.20 bits per heavy atom. The minimum Gasteiger partial charge on any atom is -0.437 e. The third kappa shape index (κ3) is 6.12. The van der Waals surface area contributed by atoms with Crippen molar-refractivity contribution >= 4 is 21.5 Å². The van der Waals surface area contributed by atoms with Crippen molar-refractivity contribution in [1.82, 2.24) is 0 Å². The predicted molar refractivity (Wildman–Crippen MR) is 39.8 cm³/mol. The maximum Gasteiger partial charge on any atom is 0.608 e. The largest absolute Gasteiger partial charge is 0.608 e. The second kappa shape index (κ2) is 4.76. The van der Waals surface area contributed by atoms with Crippen LogP contribution in [0.5, 0.6) is 0 Å². The van der Waals surface area contributed by atoms with E-state index in [9.17, 15) is 0 Å². The molecule has 0 spiro atoms. The van der Waals surface area contributed by atoms with Crippen molar-refractivity contribution in [2.24, 2.45) is 5.64 Å². The summed E-state index contributed by atoms with van der Waals surface area (Å²) in [6, 6.07) is 0. The van der Waals surface area contributed by atoms with Crippen LogP contribution in [0, 0.1) is 0 Å². The van der Waals surface area contributed by atoms with Gasteiger partial charge in [0.25, 0.3) is 0 Å². The molecule has 0 aromatic rings. The van der Waals surface area contributed by atoms with Crippen LogP contribution in [0.1, 0.15) is 0 Å². The highest BCUT2D eigenvalue weighted by Crippen LogP contribution is 1.87. The average molecular weight is 145 g/mol. The number of hydrogen-bond acceptors (Lipinski definition) is 5. The first kappa shape index (κ1) is 9.99. The summed E-state index contributed by atoms with van der Waals surface area (Å²) in [6.45, 7) is 2.89. The molecule has 0 fully saturated rings. The zero-order valence-corrected chi connectivity index (χ0v) is 6.02. The van der Waals surface area contributed by atoms with Crippen LogP contribution in [0.4, 0.5) is 0 Å². The first-order valence-electron chi connectivity index (χ1n) is 2.95. The molecule has 0 unspecified atom stereocenters. The molecule has 5 nitrogen and oxygen atoms in total. The standard InChI is InChI=1S/C2H10B3NO4/c1-3(6)9-5(8)10-4(2)7/h7-8H,6H2,1-2H3. The molecule has 0 aromatic heterocycles. The second-order valence-corrected chi connectivity index (χ2v) is 1.88. The number of nitrogens with two attached hydrogens (primary N) is 1. The van der Waals surface area contributed by atoms with Crippen molar-refractivity contribution in [3.63, 3.8) is 0 Å². The van der Waals surface area contributed by atoms with Crippen molar-refractivity contribution in [2.75, 3.05) is 0 Å². The molecule has 56 valence electrons. The normalized spacial score (nSPS) is 9.30. The lowest BCUT2D eigenvalue weighted by atomic mass is 9.86. The highest BCUT2D eigenvalue weighted by Gasteiger charge is 2.22. The van der Waals surface area contributed by atoms with Crippen LogP contribution in [-0.4, -0.2) is 31.5 Å². The van der Waals surface area contributed by atoms with E-state index < -0.39 is 21.5 Å². The molecule has 0 aliphatic carbocycles. The third-order valence-electron chi connectivity index (χ3n) is 0.644. The lowest BCUT2D eigenvalue weighted by Gasteiger charge is -2.09. The van der Waals surface area contributed by atoms with E-state index in [1.165, 1.54) is 13.6 Å². The summed E-state index contributed by atoms with van der Waals surface area (Å²) in [6.07, 6.45) is 0. The van der Waals surface area contributed by atoms with Gasteiger partial charge in [0.2, 0.25) is 0 Å². The van der Waals surface area contributed by atoms with Crippen LogP contribution in [0.3, 0.4) is 0 Å². The van der Waals surface area contributed by atoms with Crippen molar-refractivity contribution in [3.8, 4) is 0 Å². The van der Waals surface area contributed by atoms with Crippen molar-refractivity contribution in [1.29, 1.82) is 0 Å². The van der Waals surface area contributed by atoms with E-state index in [1.54, 1.807) is 0 Å². The van der Waals surface area contributed by atoms with Crippen molar-refractivity contribution < 1.29 is 19.2 Å². The summed E-state index contributed by atoms with van der Waals surface area (Å²) < 4.78 is 8.88. The topological polar surface area (TPSA) is 84.9 Å². The van der Waals surface area contributed by atoms with Gasteiger partial charge in [0, 0.05) is 0 Å². The molecule has 0 rings (SSSR count). The highest BCUT2D eigenvalue weighted by atomic mass is 16.7. The fourth-order valence-corrected chi connectivity index (χ4v) is 0.384. The van der Waals surface area contributed by atoms with Gasteiger partial charge >= 0.3 is 21.5 Å². The highest BCUT2D eigenvalue weighted by molar-refractivity contribution is 6.61. The van der Waals surface area contributed by atoms with Gasteiger partial charge < -0.3 is 24.8 Å². The molecule has 0 bridgehead atoms. The Morgan fingerprint density at radius 2 is 1.70 bits per heavy atom. The summed E-state index contributed by atoms with van der Waals surface area (Å²) in [7, 11) is -3.14. The molecule has 0 aliphatic rings. The van der Waals surface area contributed by atoms with Gasteiger partial charge in [0.05, 0.1) is 0 Å². The van der Waals surface area contributed by atoms with E-state index in [0.29, 0.717) is 0 Å². The summed E-state index contributed by atoms with van der Waals surface area (Å²) in [5.74, 6) is 0. The summed E-state index contributed by atoms with van der Waals surface area (Å²) in [5, 5.41) is 17.2. The van der Waals surface area contributed by atoms with Gasteiger partial charge in [-0.15, -0.1) is 0 Å². The van der Waals surface area contributed by atoms with Crippen LogP contribution in [0.15, 0.2) is 0 Å². The SMILES string of the molecule is CB(N)OB(O)OB(C)O. The molecule has 0 heterocycles. The minimum absolute atomic E-state index is 0.617. The Labute approximate surface area is 61.0 Å². The molecule has 0 aromatic carbocycles. The van der Waals surface area contributed by atoms with E-state index in [4.69, 9.17) is 15.7 Å². The minimum atomic E-state index is -1.46. The van der Waals surface area contributed by atoms with Gasteiger partial charge in [0.15, 0.2) is 0 Å². The van der Waals surface area contributed by atoms with Crippen LogP contribution >= 0.6 is 0 Å². The number of hydrogen-bond donors (Lipinski definition) is 3. The Morgan fingerprint density at radius 3 is 2.00 bits per heavy atom. The van der Waals surface area contributed by atoms with Crippen LogP contribution in [-0.2, 0) is 9.14 Å². The summed E-state index contributed by atoms with van der Waals surface area (Å²) in [5.41, 5.74) is 5.13. The van der Waals surface area contributed by atoms with E-state index in [-0.39, 0.29) is 0 Å².